The number of hydrogen-bond donors (Lipinski definition) is 0. The fraction of sp³-hybridized carbons (Fsp3) is 0.526. The fourth-order valence-electron chi connectivity index (χ4n) is 3.36. The monoisotopic (exact) mass is 341 g/mol. The van der Waals surface area contributed by atoms with Crippen molar-refractivity contribution in [3.05, 3.63) is 47.5 Å². The van der Waals surface area contributed by atoms with Crippen LogP contribution in [-0.4, -0.2) is 56.1 Å². The van der Waals surface area contributed by atoms with E-state index in [2.05, 4.69) is 41.0 Å². The zero-order valence-electron chi connectivity index (χ0n) is 15.5. The number of hydrogen-bond acceptors (Lipinski definition) is 4. The van der Waals surface area contributed by atoms with Gasteiger partial charge >= 0.3 is 0 Å². The van der Waals surface area contributed by atoms with Gasteiger partial charge in [-0.3, -0.25) is 19.4 Å². The van der Waals surface area contributed by atoms with Crippen molar-refractivity contribution in [3.8, 4) is 0 Å². The van der Waals surface area contributed by atoms with E-state index in [0.717, 1.165) is 31.9 Å². The van der Waals surface area contributed by atoms with Gasteiger partial charge in [0.15, 0.2) is 0 Å². The molecule has 0 saturated carbocycles. The van der Waals surface area contributed by atoms with Gasteiger partial charge < -0.3 is 4.90 Å². The predicted octanol–water partition coefficient (Wildman–Crippen LogP) is 2.11. The molecule has 3 heterocycles. The molecule has 1 saturated heterocycles. The van der Waals surface area contributed by atoms with Crippen LogP contribution in [0.25, 0.3) is 0 Å². The first-order chi connectivity index (χ1) is 11.9. The number of rotatable bonds is 6. The van der Waals surface area contributed by atoms with Crippen LogP contribution in [0.3, 0.4) is 0 Å². The minimum Gasteiger partial charge on any atom is -0.334 e. The zero-order chi connectivity index (χ0) is 18.0. The number of likely N-dealkylation sites (tertiary alicyclic amines) is 1. The lowest BCUT2D eigenvalue weighted by Crippen LogP contribution is -2.61. The van der Waals surface area contributed by atoms with Crippen LogP contribution in [0.15, 0.2) is 30.6 Å². The summed E-state index contributed by atoms with van der Waals surface area (Å²) in [4.78, 5) is 21.1. The van der Waals surface area contributed by atoms with Crippen molar-refractivity contribution in [1.82, 2.24) is 24.6 Å². The first-order valence-corrected chi connectivity index (χ1v) is 8.87. The molecule has 0 spiro atoms. The highest BCUT2D eigenvalue weighted by Gasteiger charge is 2.36. The van der Waals surface area contributed by atoms with Gasteiger partial charge in [-0.05, 0) is 36.6 Å². The molecule has 3 rings (SSSR count). The van der Waals surface area contributed by atoms with Crippen molar-refractivity contribution in [2.75, 3.05) is 19.6 Å². The maximum Gasteiger partial charge on any atom is 0.272 e. The molecule has 1 aliphatic heterocycles. The smallest absolute Gasteiger partial charge is 0.272 e. The molecule has 0 radical (unpaired) electrons. The molecule has 0 unspecified atom stereocenters. The summed E-state index contributed by atoms with van der Waals surface area (Å²) in [5.74, 6) is 0.666. The van der Waals surface area contributed by atoms with Crippen molar-refractivity contribution in [2.24, 2.45) is 13.0 Å². The Kier molecular flexibility index (Phi) is 5.18. The normalized spacial score (nSPS) is 15.0. The number of carbonyl (C=O) groups excluding carboxylic acids is 1. The average molecular weight is 341 g/mol. The summed E-state index contributed by atoms with van der Waals surface area (Å²) in [7, 11) is 1.83. The van der Waals surface area contributed by atoms with E-state index >= 15 is 0 Å². The van der Waals surface area contributed by atoms with E-state index in [0.29, 0.717) is 17.7 Å². The van der Waals surface area contributed by atoms with E-state index in [-0.39, 0.29) is 5.91 Å². The molecule has 6 nitrogen and oxygen atoms in total. The van der Waals surface area contributed by atoms with Crippen LogP contribution in [-0.2, 0) is 13.6 Å². The lowest BCUT2D eigenvalue weighted by molar-refractivity contribution is 0.0190. The second-order valence-electron chi connectivity index (χ2n) is 7.34. The molecule has 1 aliphatic rings. The number of pyridine rings is 1. The number of nitrogens with zero attached hydrogens (tertiary/aromatic N) is 5. The minimum absolute atomic E-state index is 0.0766. The maximum atomic E-state index is 12.6. The molecule has 0 bridgehead atoms. The largest absolute Gasteiger partial charge is 0.334 e. The number of carbonyl (C=O) groups is 1. The van der Waals surface area contributed by atoms with Crippen molar-refractivity contribution in [2.45, 2.75) is 33.4 Å². The molecule has 0 aliphatic carbocycles. The van der Waals surface area contributed by atoms with Crippen LogP contribution in [0.5, 0.6) is 0 Å². The van der Waals surface area contributed by atoms with Gasteiger partial charge in [-0.15, -0.1) is 0 Å². The van der Waals surface area contributed by atoms with Crippen LogP contribution >= 0.6 is 0 Å². The third kappa shape index (κ3) is 4.07. The number of aromatic nitrogens is 3. The van der Waals surface area contributed by atoms with Crippen LogP contribution in [0.4, 0.5) is 0 Å². The van der Waals surface area contributed by atoms with Crippen molar-refractivity contribution >= 4 is 5.91 Å². The van der Waals surface area contributed by atoms with Crippen LogP contribution in [0, 0.1) is 12.8 Å². The van der Waals surface area contributed by atoms with E-state index in [1.807, 2.05) is 37.3 Å². The quantitative estimate of drug-likeness (QED) is 0.807. The molecule has 2 aromatic rings. The first kappa shape index (κ1) is 17.6. The molecule has 0 aromatic carbocycles. The summed E-state index contributed by atoms with van der Waals surface area (Å²) in [6.07, 6.45) is 3.68. The second kappa shape index (κ2) is 7.35. The van der Waals surface area contributed by atoms with E-state index in [1.54, 1.807) is 4.68 Å². The highest BCUT2D eigenvalue weighted by molar-refractivity contribution is 5.93. The SMILES string of the molecule is Cc1cc(C(=O)N2CC(N(Cc3ccncc3)CC(C)C)C2)n(C)n1. The van der Waals surface area contributed by atoms with E-state index in [1.165, 1.54) is 5.56 Å². The van der Waals surface area contributed by atoms with E-state index < -0.39 is 0 Å². The molecule has 6 heteroatoms. The molecule has 2 aromatic heterocycles. The third-order valence-corrected chi connectivity index (χ3v) is 4.62. The van der Waals surface area contributed by atoms with Gasteiger partial charge in [-0.25, -0.2) is 0 Å². The van der Waals surface area contributed by atoms with Gasteiger partial charge in [0.25, 0.3) is 5.91 Å². The average Bonchev–Trinajstić information content (AvgIpc) is 2.84. The highest BCUT2D eigenvalue weighted by Crippen LogP contribution is 2.21. The Morgan fingerprint density at radius 3 is 2.56 bits per heavy atom. The Hall–Kier alpha value is -2.21. The van der Waals surface area contributed by atoms with Gasteiger partial charge in [0, 0.05) is 51.7 Å². The molecular weight excluding hydrogens is 314 g/mol. The van der Waals surface area contributed by atoms with Crippen molar-refractivity contribution < 1.29 is 4.79 Å². The second-order valence-corrected chi connectivity index (χ2v) is 7.34. The molecule has 0 N–H and O–H groups in total. The van der Waals surface area contributed by atoms with E-state index in [4.69, 9.17) is 0 Å². The van der Waals surface area contributed by atoms with Gasteiger partial charge in [0.05, 0.1) is 5.69 Å². The first-order valence-electron chi connectivity index (χ1n) is 8.87. The Labute approximate surface area is 149 Å². The van der Waals surface area contributed by atoms with Gasteiger partial charge in [0.1, 0.15) is 5.69 Å². The van der Waals surface area contributed by atoms with Crippen LogP contribution in [0.2, 0.25) is 0 Å². The molecule has 25 heavy (non-hydrogen) atoms. The van der Waals surface area contributed by atoms with Crippen molar-refractivity contribution in [3.63, 3.8) is 0 Å². The third-order valence-electron chi connectivity index (χ3n) is 4.62. The summed E-state index contributed by atoms with van der Waals surface area (Å²) in [6.45, 7) is 9.87. The Bertz CT molecular complexity index is 719. The molecule has 0 atom stereocenters. The fourth-order valence-corrected chi connectivity index (χ4v) is 3.36. The summed E-state index contributed by atoms with van der Waals surface area (Å²) in [5, 5.41) is 4.28. The Balaban J connectivity index is 1.63. The molecule has 1 amide bonds. The minimum atomic E-state index is 0.0766. The standard InChI is InChI=1S/C19H27N5O/c1-14(2)10-23(11-16-5-7-20-8-6-16)17-12-24(13-17)19(25)18-9-15(3)21-22(18)4/h5-9,14,17H,10-13H2,1-4H3. The van der Waals surface area contributed by atoms with Gasteiger partial charge in [-0.2, -0.15) is 5.10 Å². The maximum absolute atomic E-state index is 12.6. The predicted molar refractivity (Wildman–Crippen MR) is 97.1 cm³/mol. The van der Waals surface area contributed by atoms with Gasteiger partial charge in [0.2, 0.25) is 0 Å². The lowest BCUT2D eigenvalue weighted by Gasteiger charge is -2.46. The number of amides is 1. The highest BCUT2D eigenvalue weighted by atomic mass is 16.2. The van der Waals surface area contributed by atoms with E-state index in [9.17, 15) is 4.79 Å². The summed E-state index contributed by atoms with van der Waals surface area (Å²) < 4.78 is 1.67. The van der Waals surface area contributed by atoms with Crippen LogP contribution in [0.1, 0.15) is 35.6 Å². The topological polar surface area (TPSA) is 54.3 Å². The Morgan fingerprint density at radius 1 is 1.32 bits per heavy atom. The van der Waals surface area contributed by atoms with Crippen molar-refractivity contribution in [1.29, 1.82) is 0 Å². The summed E-state index contributed by atoms with van der Waals surface area (Å²) >= 11 is 0. The summed E-state index contributed by atoms with van der Waals surface area (Å²) in [6, 6.07) is 6.40. The molecule has 1 fully saturated rings. The molecule has 134 valence electrons. The van der Waals surface area contributed by atoms with Gasteiger partial charge in [-0.1, -0.05) is 13.8 Å². The Morgan fingerprint density at radius 2 is 2.00 bits per heavy atom. The van der Waals surface area contributed by atoms with Crippen LogP contribution < -0.4 is 0 Å². The molecular formula is C19H27N5O. The zero-order valence-corrected chi connectivity index (χ0v) is 15.5. The summed E-state index contributed by atoms with van der Waals surface area (Å²) in [5.41, 5.74) is 2.81. The lowest BCUT2D eigenvalue weighted by atomic mass is 10.0. The number of aryl methyl sites for hydroxylation is 2.